The van der Waals surface area contributed by atoms with Gasteiger partial charge in [-0.2, -0.15) is 0 Å². The van der Waals surface area contributed by atoms with E-state index in [4.69, 9.17) is 23.4 Å². The third-order valence-corrected chi connectivity index (χ3v) is 10.7. The van der Waals surface area contributed by atoms with E-state index >= 15 is 0 Å². The van der Waals surface area contributed by atoms with Gasteiger partial charge in [-0.3, -0.25) is 5.32 Å². The van der Waals surface area contributed by atoms with E-state index in [2.05, 4.69) is 39.2 Å². The van der Waals surface area contributed by atoms with E-state index in [0.717, 1.165) is 11.3 Å². The maximum absolute atomic E-state index is 6.43. The second-order valence-corrected chi connectivity index (χ2v) is 14.8. The lowest BCUT2D eigenvalue weighted by Crippen LogP contribution is -2.44. The number of ether oxygens (including phenoxy) is 4. The molecule has 4 atom stereocenters. The molecule has 0 spiro atoms. The normalized spacial score (nSPS) is 29.1. The minimum atomic E-state index is -1.86. The smallest absolute Gasteiger partial charge is 0.192 e. The molecule has 1 N–H and O–H groups in total. The van der Waals surface area contributed by atoms with E-state index in [9.17, 15) is 0 Å². The van der Waals surface area contributed by atoms with Crippen molar-refractivity contribution in [2.24, 2.45) is 0 Å². The lowest BCUT2D eigenvalue weighted by Gasteiger charge is -2.37. The van der Waals surface area contributed by atoms with Crippen LogP contribution >= 0.6 is 0 Å². The fourth-order valence-corrected chi connectivity index (χ4v) is 4.46. The van der Waals surface area contributed by atoms with Crippen molar-refractivity contribution in [3.63, 3.8) is 0 Å². The predicted octanol–water partition coefficient (Wildman–Crippen LogP) is 4.05. The van der Waals surface area contributed by atoms with Gasteiger partial charge >= 0.3 is 0 Å². The number of fused-ring (bicyclic) bond motifs is 1. The molecule has 164 valence electrons. The molecule has 0 bridgehead atoms. The number of hydrogen-bond acceptors (Lipinski definition) is 6. The first kappa shape index (κ1) is 22.7. The highest BCUT2D eigenvalue weighted by molar-refractivity contribution is 6.74. The van der Waals surface area contributed by atoms with Gasteiger partial charge in [-0.05, 0) is 49.7 Å². The number of benzene rings is 1. The standard InChI is InChI=1S/C22H37NO5Si/c1-21(2,3)29(7,8)25-14-17-18-19(28-22(4,5)27-18)20(26-17)23-13-15-9-11-16(24-6)12-10-15/h9-12,17-20,23H,13-14H2,1-8H3/t17-,18-,19-,20?/m1/s1. The van der Waals surface area contributed by atoms with Gasteiger partial charge in [0.05, 0.1) is 13.7 Å². The van der Waals surface area contributed by atoms with Crippen molar-refractivity contribution in [1.82, 2.24) is 5.32 Å². The molecule has 7 heteroatoms. The maximum Gasteiger partial charge on any atom is 0.192 e. The lowest BCUT2D eigenvalue weighted by molar-refractivity contribution is -0.193. The molecule has 2 fully saturated rings. The van der Waals surface area contributed by atoms with Crippen molar-refractivity contribution < 1.29 is 23.4 Å². The Labute approximate surface area is 176 Å². The van der Waals surface area contributed by atoms with Crippen molar-refractivity contribution in [1.29, 1.82) is 0 Å². The van der Waals surface area contributed by atoms with Crippen LogP contribution in [-0.4, -0.2) is 52.4 Å². The van der Waals surface area contributed by atoms with Crippen LogP contribution in [0.3, 0.4) is 0 Å². The van der Waals surface area contributed by atoms with E-state index in [0.29, 0.717) is 13.2 Å². The van der Waals surface area contributed by atoms with Crippen molar-refractivity contribution >= 4 is 8.32 Å². The van der Waals surface area contributed by atoms with Crippen LogP contribution in [0.4, 0.5) is 0 Å². The molecule has 1 aromatic rings. The van der Waals surface area contributed by atoms with Crippen molar-refractivity contribution in [2.75, 3.05) is 13.7 Å². The molecule has 0 saturated carbocycles. The molecule has 6 nitrogen and oxygen atoms in total. The molecule has 2 aliphatic rings. The number of hydrogen-bond donors (Lipinski definition) is 1. The first-order valence-corrected chi connectivity index (χ1v) is 13.3. The fraction of sp³-hybridized carbons (Fsp3) is 0.727. The molecule has 2 heterocycles. The van der Waals surface area contributed by atoms with Crippen LogP contribution in [0.25, 0.3) is 0 Å². The number of rotatable bonds is 7. The molecule has 1 aromatic carbocycles. The molecular formula is C22H37NO5Si. The average molecular weight is 424 g/mol. The van der Waals surface area contributed by atoms with E-state index < -0.39 is 14.1 Å². The molecule has 0 amide bonds. The maximum atomic E-state index is 6.43. The Bertz CT molecular complexity index is 685. The van der Waals surface area contributed by atoms with Gasteiger partial charge in [0.15, 0.2) is 14.1 Å². The van der Waals surface area contributed by atoms with Crippen LogP contribution in [0.5, 0.6) is 5.75 Å². The summed E-state index contributed by atoms with van der Waals surface area (Å²) in [7, 11) is -0.191. The molecule has 1 unspecified atom stereocenters. The van der Waals surface area contributed by atoms with Crippen LogP contribution in [0.15, 0.2) is 24.3 Å². The van der Waals surface area contributed by atoms with Gasteiger partial charge in [-0.1, -0.05) is 32.9 Å². The van der Waals surface area contributed by atoms with E-state index in [1.807, 2.05) is 38.1 Å². The number of nitrogens with one attached hydrogen (secondary N) is 1. The summed E-state index contributed by atoms with van der Waals surface area (Å²) in [6.45, 7) is 16.4. The van der Waals surface area contributed by atoms with Crippen LogP contribution in [0, 0.1) is 0 Å². The van der Waals surface area contributed by atoms with Crippen molar-refractivity contribution in [2.45, 2.75) is 89.6 Å². The highest BCUT2D eigenvalue weighted by Gasteiger charge is 2.55. The predicted molar refractivity (Wildman–Crippen MR) is 115 cm³/mol. The van der Waals surface area contributed by atoms with E-state index in [1.54, 1.807) is 7.11 Å². The molecule has 2 saturated heterocycles. The van der Waals surface area contributed by atoms with Gasteiger partial charge in [0.2, 0.25) is 0 Å². The average Bonchev–Trinajstić information content (AvgIpc) is 3.11. The summed E-state index contributed by atoms with van der Waals surface area (Å²) < 4.78 is 30.3. The van der Waals surface area contributed by atoms with Gasteiger partial charge in [-0.25, -0.2) is 0 Å². The van der Waals surface area contributed by atoms with Gasteiger partial charge < -0.3 is 23.4 Å². The Morgan fingerprint density at radius 3 is 2.28 bits per heavy atom. The minimum Gasteiger partial charge on any atom is -0.497 e. The molecule has 0 aliphatic carbocycles. The Morgan fingerprint density at radius 2 is 1.69 bits per heavy atom. The van der Waals surface area contributed by atoms with Gasteiger partial charge in [0, 0.05) is 6.54 Å². The zero-order chi connectivity index (χ0) is 21.4. The first-order valence-electron chi connectivity index (χ1n) is 10.4. The number of methoxy groups -OCH3 is 1. The second kappa shape index (κ2) is 8.28. The minimum absolute atomic E-state index is 0.136. The zero-order valence-corrected chi connectivity index (χ0v) is 20.1. The summed E-state index contributed by atoms with van der Waals surface area (Å²) in [6, 6.07) is 8.02. The summed E-state index contributed by atoms with van der Waals surface area (Å²) in [5, 5.41) is 3.65. The van der Waals surface area contributed by atoms with Gasteiger partial charge in [0.25, 0.3) is 0 Å². The molecular weight excluding hydrogens is 386 g/mol. The van der Waals surface area contributed by atoms with E-state index in [-0.39, 0.29) is 29.6 Å². The fourth-order valence-electron chi connectivity index (χ4n) is 3.45. The topological polar surface area (TPSA) is 58.2 Å². The highest BCUT2D eigenvalue weighted by atomic mass is 28.4. The summed E-state index contributed by atoms with van der Waals surface area (Å²) in [5.41, 5.74) is 1.16. The third kappa shape index (κ3) is 5.21. The molecule has 3 rings (SSSR count). The van der Waals surface area contributed by atoms with Crippen molar-refractivity contribution in [3.05, 3.63) is 29.8 Å². The monoisotopic (exact) mass is 423 g/mol. The van der Waals surface area contributed by atoms with Crippen molar-refractivity contribution in [3.8, 4) is 5.75 Å². The molecule has 0 radical (unpaired) electrons. The van der Waals surface area contributed by atoms with Crippen LogP contribution < -0.4 is 10.1 Å². The summed E-state index contributed by atoms with van der Waals surface area (Å²) in [6.07, 6.45) is -0.680. The molecule has 2 aliphatic heterocycles. The van der Waals surface area contributed by atoms with Crippen LogP contribution in [-0.2, 0) is 25.2 Å². The SMILES string of the molecule is COc1ccc(CNC2O[C@H](CO[Si](C)(C)C(C)(C)C)[C@H]3OC(C)(C)O[C@@H]23)cc1. The Balaban J connectivity index is 1.64. The second-order valence-electron chi connectivity index (χ2n) is 9.96. The quantitative estimate of drug-likeness (QED) is 0.668. The lowest BCUT2D eigenvalue weighted by atomic mass is 10.1. The highest BCUT2D eigenvalue weighted by Crippen LogP contribution is 2.40. The van der Waals surface area contributed by atoms with Gasteiger partial charge in [0.1, 0.15) is 30.3 Å². The summed E-state index contributed by atoms with van der Waals surface area (Å²) in [5.74, 6) is 0.233. The molecule has 0 aromatic heterocycles. The first-order chi connectivity index (χ1) is 13.4. The molecule has 29 heavy (non-hydrogen) atoms. The Kier molecular flexibility index (Phi) is 6.49. The zero-order valence-electron chi connectivity index (χ0n) is 19.1. The summed E-state index contributed by atoms with van der Waals surface area (Å²) in [4.78, 5) is 0. The van der Waals surface area contributed by atoms with E-state index in [1.165, 1.54) is 0 Å². The van der Waals surface area contributed by atoms with Crippen LogP contribution in [0.2, 0.25) is 18.1 Å². The third-order valence-electron chi connectivity index (χ3n) is 6.23. The van der Waals surface area contributed by atoms with Crippen LogP contribution in [0.1, 0.15) is 40.2 Å². The van der Waals surface area contributed by atoms with Gasteiger partial charge in [-0.15, -0.1) is 0 Å². The largest absolute Gasteiger partial charge is 0.497 e. The summed E-state index contributed by atoms with van der Waals surface area (Å²) >= 11 is 0. The Hall–Kier alpha value is -0.963. The Morgan fingerprint density at radius 1 is 1.07 bits per heavy atom.